The van der Waals surface area contributed by atoms with E-state index >= 15 is 0 Å². The Balaban J connectivity index is 1.60. The molecule has 158 valence electrons. The third-order valence-corrected chi connectivity index (χ3v) is 4.82. The summed E-state index contributed by atoms with van der Waals surface area (Å²) in [6, 6.07) is 4.82. The third-order valence-electron chi connectivity index (χ3n) is 4.82. The van der Waals surface area contributed by atoms with E-state index in [0.717, 1.165) is 0 Å². The summed E-state index contributed by atoms with van der Waals surface area (Å²) < 4.78 is 39.2. The summed E-state index contributed by atoms with van der Waals surface area (Å²) in [5, 5.41) is 12.4. The van der Waals surface area contributed by atoms with Gasteiger partial charge in [-0.25, -0.2) is 4.98 Å². The second kappa shape index (κ2) is 9.40. The van der Waals surface area contributed by atoms with Crippen molar-refractivity contribution in [2.24, 2.45) is 0 Å². The third kappa shape index (κ3) is 4.90. The molecule has 1 aliphatic rings. The number of phenols is 1. The van der Waals surface area contributed by atoms with E-state index in [2.05, 4.69) is 15.3 Å². The molecule has 0 aliphatic carbocycles. The van der Waals surface area contributed by atoms with E-state index in [9.17, 15) is 9.90 Å². The van der Waals surface area contributed by atoms with Crippen molar-refractivity contribution in [3.05, 3.63) is 83.6 Å². The van der Waals surface area contributed by atoms with Crippen molar-refractivity contribution in [1.82, 2.24) is 15.3 Å². The van der Waals surface area contributed by atoms with E-state index in [1.54, 1.807) is 24.3 Å². The van der Waals surface area contributed by atoms with Crippen LogP contribution in [0.3, 0.4) is 0 Å². The van der Waals surface area contributed by atoms with E-state index < -0.39 is 30.1 Å². The van der Waals surface area contributed by atoms with Crippen molar-refractivity contribution in [3.8, 4) is 17.0 Å². The van der Waals surface area contributed by atoms with Crippen LogP contribution in [0.2, 0.25) is 0 Å². The summed E-state index contributed by atoms with van der Waals surface area (Å²) >= 11 is 0. The van der Waals surface area contributed by atoms with Gasteiger partial charge in [0.1, 0.15) is 23.4 Å². The molecule has 2 aromatic carbocycles. The van der Waals surface area contributed by atoms with Gasteiger partial charge in [0.15, 0.2) is 0 Å². The molecule has 4 N–H and O–H groups in total. The minimum absolute atomic E-state index is 0.00334. The number of rotatable bonds is 6. The average molecular weight is 421 g/mol. The number of carbonyl (C=O) groups is 1. The molecule has 7 nitrogen and oxygen atoms in total. The molecule has 0 saturated heterocycles. The van der Waals surface area contributed by atoms with E-state index in [0.29, 0.717) is 30.7 Å². The van der Waals surface area contributed by atoms with Crippen LogP contribution in [0.4, 0.5) is 5.82 Å². The predicted molar refractivity (Wildman–Crippen MR) is 118 cm³/mol. The summed E-state index contributed by atoms with van der Waals surface area (Å²) in [7, 11) is 0. The lowest BCUT2D eigenvalue weighted by Crippen LogP contribution is -2.25. The first-order chi connectivity index (χ1) is 16.8. The second-order valence-corrected chi connectivity index (χ2v) is 6.94. The van der Waals surface area contributed by atoms with Crippen molar-refractivity contribution in [1.29, 1.82) is 0 Å². The molecule has 31 heavy (non-hydrogen) atoms. The zero-order valence-electron chi connectivity index (χ0n) is 20.7. The SMILES string of the molecule is [2H]c1c([2H])c(-c2ncc([C@@H]3CC=CCO3)nc2N)c([2H])c([2H])c1C(=O)NCCc1ccccc1O. The summed E-state index contributed by atoms with van der Waals surface area (Å²) in [6.07, 6.45) is 5.95. The number of nitrogens with two attached hydrogens (primary N) is 1. The Morgan fingerprint density at radius 1 is 1.26 bits per heavy atom. The minimum Gasteiger partial charge on any atom is -0.508 e. The molecule has 1 aliphatic heterocycles. The minimum atomic E-state index is -0.749. The lowest BCUT2D eigenvalue weighted by Gasteiger charge is -2.18. The number of benzene rings is 2. The molecule has 0 unspecified atom stereocenters. The Bertz CT molecular complexity index is 1290. The largest absolute Gasteiger partial charge is 0.508 e. The van der Waals surface area contributed by atoms with Crippen LogP contribution in [0.5, 0.6) is 5.75 Å². The van der Waals surface area contributed by atoms with Crippen LogP contribution in [0.25, 0.3) is 11.3 Å². The molecule has 0 bridgehead atoms. The van der Waals surface area contributed by atoms with E-state index in [-0.39, 0.29) is 41.0 Å². The van der Waals surface area contributed by atoms with Gasteiger partial charge in [-0.1, -0.05) is 42.4 Å². The highest BCUT2D eigenvalue weighted by atomic mass is 16.5. The standard InChI is InChI=1S/C24H24N4O3/c25-23-22(27-15-19(28-23)21-7-3-4-14-31-21)17-8-10-18(11-9-17)24(30)26-13-12-16-5-1-2-6-20(16)29/h1-6,8-11,15,21,29H,7,12-14H2,(H2,25,28)(H,26,30)/t21-/m0/s1/i8D,9D,10D,11D. The summed E-state index contributed by atoms with van der Waals surface area (Å²) in [4.78, 5) is 21.3. The maximum Gasteiger partial charge on any atom is 0.251 e. The fourth-order valence-electron chi connectivity index (χ4n) is 3.16. The number of aromatic hydroxyl groups is 1. The lowest BCUT2D eigenvalue weighted by atomic mass is 10.1. The van der Waals surface area contributed by atoms with Gasteiger partial charge in [0.05, 0.1) is 24.0 Å². The van der Waals surface area contributed by atoms with Gasteiger partial charge in [0.25, 0.3) is 5.91 Å². The Labute approximate surface area is 186 Å². The van der Waals surface area contributed by atoms with Gasteiger partial charge >= 0.3 is 0 Å². The highest BCUT2D eigenvalue weighted by molar-refractivity contribution is 5.94. The first-order valence-corrected chi connectivity index (χ1v) is 9.84. The number of hydrogen-bond donors (Lipinski definition) is 3. The van der Waals surface area contributed by atoms with Crippen molar-refractivity contribution < 1.29 is 20.1 Å². The van der Waals surface area contributed by atoms with Gasteiger partial charge < -0.3 is 20.9 Å². The Hall–Kier alpha value is -3.71. The fourth-order valence-corrected chi connectivity index (χ4v) is 3.16. The molecular weight excluding hydrogens is 392 g/mol. The Kier molecular flexibility index (Phi) is 4.87. The zero-order chi connectivity index (χ0) is 25.1. The van der Waals surface area contributed by atoms with Gasteiger partial charge in [0, 0.05) is 17.7 Å². The van der Waals surface area contributed by atoms with E-state index in [1.165, 1.54) is 6.20 Å². The Morgan fingerprint density at radius 3 is 2.77 bits per heavy atom. The molecule has 3 aromatic rings. The number of carbonyl (C=O) groups excluding carboxylic acids is 1. The van der Waals surface area contributed by atoms with Crippen LogP contribution in [0.1, 0.15) is 39.6 Å². The topological polar surface area (TPSA) is 110 Å². The lowest BCUT2D eigenvalue weighted by molar-refractivity contribution is 0.0645. The summed E-state index contributed by atoms with van der Waals surface area (Å²) in [5.74, 6) is -0.700. The second-order valence-electron chi connectivity index (χ2n) is 6.94. The monoisotopic (exact) mass is 420 g/mol. The van der Waals surface area contributed by atoms with E-state index in [1.807, 2.05) is 12.2 Å². The van der Waals surface area contributed by atoms with Crippen LogP contribution < -0.4 is 11.1 Å². The zero-order valence-corrected chi connectivity index (χ0v) is 16.7. The number of anilines is 1. The number of nitrogen functional groups attached to an aromatic ring is 1. The van der Waals surface area contributed by atoms with Crippen LogP contribution in [0, 0.1) is 0 Å². The number of para-hydroxylation sites is 1. The molecule has 4 rings (SSSR count). The van der Waals surface area contributed by atoms with Crippen LogP contribution in [-0.2, 0) is 11.2 Å². The molecule has 7 heteroatoms. The quantitative estimate of drug-likeness (QED) is 0.527. The Morgan fingerprint density at radius 2 is 2.06 bits per heavy atom. The van der Waals surface area contributed by atoms with Crippen molar-refractivity contribution in [2.75, 3.05) is 18.9 Å². The molecule has 0 radical (unpaired) electrons. The predicted octanol–water partition coefficient (Wildman–Crippen LogP) is 3.42. The van der Waals surface area contributed by atoms with Crippen molar-refractivity contribution in [3.63, 3.8) is 0 Å². The van der Waals surface area contributed by atoms with Gasteiger partial charge in [-0.05, 0) is 36.6 Å². The van der Waals surface area contributed by atoms with Gasteiger partial charge in [-0.15, -0.1) is 0 Å². The highest BCUT2D eigenvalue weighted by Gasteiger charge is 2.17. The highest BCUT2D eigenvalue weighted by Crippen LogP contribution is 2.27. The van der Waals surface area contributed by atoms with E-state index in [4.69, 9.17) is 16.0 Å². The van der Waals surface area contributed by atoms with Crippen molar-refractivity contribution >= 4 is 11.7 Å². The first kappa shape index (κ1) is 16.0. The molecule has 1 aromatic heterocycles. The number of aromatic nitrogens is 2. The van der Waals surface area contributed by atoms with Gasteiger partial charge in [-0.2, -0.15) is 0 Å². The first-order valence-electron chi connectivity index (χ1n) is 11.8. The number of amides is 1. The molecular formula is C24H24N4O3. The molecule has 0 fully saturated rings. The van der Waals surface area contributed by atoms with Crippen molar-refractivity contribution in [2.45, 2.75) is 18.9 Å². The molecule has 1 amide bonds. The maximum atomic E-state index is 12.7. The fraction of sp³-hybridized carbons (Fsp3) is 0.208. The van der Waals surface area contributed by atoms with Crippen LogP contribution >= 0.6 is 0 Å². The molecule has 2 heterocycles. The van der Waals surface area contributed by atoms with Gasteiger partial charge in [-0.3, -0.25) is 9.78 Å². The van der Waals surface area contributed by atoms with Crippen LogP contribution in [0.15, 0.2) is 66.8 Å². The summed E-state index contributed by atoms with van der Waals surface area (Å²) in [6.45, 7) is 0.582. The van der Waals surface area contributed by atoms with Crippen LogP contribution in [-0.4, -0.2) is 34.1 Å². The number of hydrogen-bond acceptors (Lipinski definition) is 6. The maximum absolute atomic E-state index is 12.7. The normalized spacial score (nSPS) is 17.4. The number of phenolic OH excluding ortho intramolecular Hbond substituents is 1. The molecule has 1 atom stereocenters. The van der Waals surface area contributed by atoms with Gasteiger partial charge in [0.2, 0.25) is 0 Å². The smallest absolute Gasteiger partial charge is 0.251 e. The molecule has 0 spiro atoms. The number of nitrogens with one attached hydrogen (secondary N) is 1. The number of nitrogens with zero attached hydrogens (tertiary/aromatic N) is 2. The summed E-state index contributed by atoms with van der Waals surface area (Å²) in [5.41, 5.74) is 6.72. The number of ether oxygens (including phenoxy) is 1. The average Bonchev–Trinajstić information content (AvgIpc) is 2.85. The molecule has 0 saturated carbocycles.